The minimum Gasteiger partial charge on any atom is -0.450 e. The third-order valence-corrected chi connectivity index (χ3v) is 5.27. The number of aromatic nitrogens is 2. The second-order valence-electron chi connectivity index (χ2n) is 7.24. The lowest BCUT2D eigenvalue weighted by molar-refractivity contribution is -0.136. The smallest absolute Gasteiger partial charge is 0.409 e. The SMILES string of the molecule is CCOC(=O)N1CCN(C(=O)C(C)n2cc(NC(=S)Nc3ccccc3)c(C)n2)CC1. The molecule has 0 bridgehead atoms. The largest absolute Gasteiger partial charge is 0.450 e. The number of thiocarbonyl (C=S) groups is 1. The lowest BCUT2D eigenvalue weighted by Crippen LogP contribution is -2.52. The van der Waals surface area contributed by atoms with Crippen LogP contribution in [0.2, 0.25) is 0 Å². The predicted octanol–water partition coefficient (Wildman–Crippen LogP) is 2.86. The summed E-state index contributed by atoms with van der Waals surface area (Å²) in [7, 11) is 0. The van der Waals surface area contributed by atoms with Crippen molar-refractivity contribution in [1.29, 1.82) is 0 Å². The molecule has 0 radical (unpaired) electrons. The van der Waals surface area contributed by atoms with Gasteiger partial charge in [-0.25, -0.2) is 4.79 Å². The monoisotopic (exact) mass is 444 g/mol. The summed E-state index contributed by atoms with van der Waals surface area (Å²) < 4.78 is 6.67. The molecule has 1 saturated heterocycles. The quantitative estimate of drug-likeness (QED) is 0.685. The van der Waals surface area contributed by atoms with E-state index in [1.54, 1.807) is 27.6 Å². The summed E-state index contributed by atoms with van der Waals surface area (Å²) in [4.78, 5) is 28.2. The van der Waals surface area contributed by atoms with E-state index in [9.17, 15) is 9.59 Å². The van der Waals surface area contributed by atoms with Crippen LogP contribution in [0, 0.1) is 6.92 Å². The van der Waals surface area contributed by atoms with Gasteiger partial charge in [0.2, 0.25) is 5.91 Å². The number of aryl methyl sites for hydroxylation is 1. The molecule has 1 aromatic heterocycles. The molecule has 3 rings (SSSR count). The summed E-state index contributed by atoms with van der Waals surface area (Å²) in [6.07, 6.45) is 1.45. The van der Waals surface area contributed by atoms with Gasteiger partial charge in [-0.05, 0) is 45.1 Å². The number of para-hydroxylation sites is 1. The van der Waals surface area contributed by atoms with Crippen molar-refractivity contribution in [2.75, 3.05) is 43.4 Å². The normalized spacial score (nSPS) is 14.7. The van der Waals surface area contributed by atoms with Gasteiger partial charge in [-0.15, -0.1) is 0 Å². The Kier molecular flexibility index (Phi) is 7.45. The number of hydrogen-bond donors (Lipinski definition) is 2. The first-order chi connectivity index (χ1) is 14.9. The van der Waals surface area contributed by atoms with Crippen LogP contribution in [0.25, 0.3) is 0 Å². The fourth-order valence-electron chi connectivity index (χ4n) is 3.31. The van der Waals surface area contributed by atoms with Crippen molar-refractivity contribution in [1.82, 2.24) is 19.6 Å². The maximum atomic E-state index is 13.0. The van der Waals surface area contributed by atoms with Crippen LogP contribution in [-0.4, -0.2) is 69.5 Å². The maximum Gasteiger partial charge on any atom is 0.409 e. The van der Waals surface area contributed by atoms with E-state index in [0.717, 1.165) is 17.1 Å². The van der Waals surface area contributed by atoms with Crippen LogP contribution in [-0.2, 0) is 9.53 Å². The molecule has 2 heterocycles. The number of carbonyl (C=O) groups is 2. The average Bonchev–Trinajstić information content (AvgIpc) is 3.13. The average molecular weight is 445 g/mol. The van der Waals surface area contributed by atoms with Crippen molar-refractivity contribution < 1.29 is 14.3 Å². The molecule has 31 heavy (non-hydrogen) atoms. The van der Waals surface area contributed by atoms with E-state index in [1.807, 2.05) is 44.2 Å². The van der Waals surface area contributed by atoms with Crippen molar-refractivity contribution in [3.05, 3.63) is 42.2 Å². The van der Waals surface area contributed by atoms with Gasteiger partial charge in [0.05, 0.1) is 18.0 Å². The molecule has 1 aliphatic rings. The molecule has 2 N–H and O–H groups in total. The molecule has 10 heteroatoms. The van der Waals surface area contributed by atoms with Gasteiger partial charge in [0, 0.05) is 38.1 Å². The van der Waals surface area contributed by atoms with Gasteiger partial charge in [-0.2, -0.15) is 5.10 Å². The molecule has 1 aliphatic heterocycles. The third-order valence-electron chi connectivity index (χ3n) is 5.07. The van der Waals surface area contributed by atoms with Crippen molar-refractivity contribution in [3.63, 3.8) is 0 Å². The number of nitrogens with zero attached hydrogens (tertiary/aromatic N) is 4. The Balaban J connectivity index is 1.57. The Morgan fingerprint density at radius 3 is 2.42 bits per heavy atom. The maximum absolute atomic E-state index is 13.0. The minimum atomic E-state index is -0.473. The van der Waals surface area contributed by atoms with Crippen molar-refractivity contribution in [2.45, 2.75) is 26.8 Å². The zero-order chi connectivity index (χ0) is 22.4. The van der Waals surface area contributed by atoms with Crippen molar-refractivity contribution in [3.8, 4) is 0 Å². The lowest BCUT2D eigenvalue weighted by Gasteiger charge is -2.35. The van der Waals surface area contributed by atoms with Crippen LogP contribution in [0.15, 0.2) is 36.5 Å². The molecule has 9 nitrogen and oxygen atoms in total. The summed E-state index contributed by atoms with van der Waals surface area (Å²) >= 11 is 5.38. The molecule has 1 fully saturated rings. The number of rotatable bonds is 5. The summed E-state index contributed by atoms with van der Waals surface area (Å²) in [6.45, 7) is 7.66. The Hall–Kier alpha value is -3.14. The van der Waals surface area contributed by atoms with E-state index >= 15 is 0 Å². The van der Waals surface area contributed by atoms with Crippen LogP contribution in [0.3, 0.4) is 0 Å². The van der Waals surface area contributed by atoms with Crippen LogP contribution >= 0.6 is 12.2 Å². The lowest BCUT2D eigenvalue weighted by atomic mass is 10.2. The van der Waals surface area contributed by atoms with E-state index in [2.05, 4.69) is 15.7 Å². The first kappa shape index (κ1) is 22.5. The van der Waals surface area contributed by atoms with Crippen LogP contribution < -0.4 is 10.6 Å². The number of anilines is 2. The van der Waals surface area contributed by atoms with Crippen molar-refractivity contribution >= 4 is 40.7 Å². The zero-order valence-corrected chi connectivity index (χ0v) is 18.8. The second kappa shape index (κ2) is 10.3. The zero-order valence-electron chi connectivity index (χ0n) is 18.0. The summed E-state index contributed by atoms with van der Waals surface area (Å²) in [5.41, 5.74) is 2.36. The van der Waals surface area contributed by atoms with Gasteiger partial charge in [-0.1, -0.05) is 18.2 Å². The van der Waals surface area contributed by atoms with Gasteiger partial charge < -0.3 is 25.2 Å². The highest BCUT2D eigenvalue weighted by Gasteiger charge is 2.28. The molecule has 0 aliphatic carbocycles. The molecular weight excluding hydrogens is 416 g/mol. The molecule has 2 aromatic rings. The van der Waals surface area contributed by atoms with Crippen LogP contribution in [0.4, 0.5) is 16.2 Å². The molecular formula is C21H28N6O3S. The van der Waals surface area contributed by atoms with Crippen LogP contribution in [0.1, 0.15) is 25.6 Å². The summed E-state index contributed by atoms with van der Waals surface area (Å²) in [5.74, 6) is -0.0393. The highest BCUT2D eigenvalue weighted by molar-refractivity contribution is 7.80. The first-order valence-electron chi connectivity index (χ1n) is 10.3. The highest BCUT2D eigenvalue weighted by Crippen LogP contribution is 2.19. The standard InChI is InChI=1S/C21H28N6O3S/c1-4-30-21(29)26-12-10-25(11-13-26)19(28)16(3)27-14-18(15(2)24-27)23-20(31)22-17-8-6-5-7-9-17/h5-9,14,16H,4,10-13H2,1-3H3,(H2,22,23,31). The number of benzene rings is 1. The van der Waals surface area contributed by atoms with Crippen molar-refractivity contribution in [2.24, 2.45) is 0 Å². The number of piperazine rings is 1. The fraction of sp³-hybridized carbons (Fsp3) is 0.429. The third kappa shape index (κ3) is 5.72. The van der Waals surface area contributed by atoms with E-state index in [1.165, 1.54) is 0 Å². The molecule has 0 saturated carbocycles. The van der Waals surface area contributed by atoms with E-state index < -0.39 is 6.04 Å². The van der Waals surface area contributed by atoms with Gasteiger partial charge >= 0.3 is 6.09 Å². The second-order valence-corrected chi connectivity index (χ2v) is 7.65. The molecule has 1 unspecified atom stereocenters. The number of amides is 2. The van der Waals surface area contributed by atoms with Gasteiger partial charge in [0.1, 0.15) is 6.04 Å². The van der Waals surface area contributed by atoms with E-state index in [4.69, 9.17) is 17.0 Å². The Bertz CT molecular complexity index is 924. The summed E-state index contributed by atoms with van der Waals surface area (Å²) in [5, 5.41) is 11.2. The number of hydrogen-bond acceptors (Lipinski definition) is 5. The van der Waals surface area contributed by atoms with Gasteiger partial charge in [0.15, 0.2) is 5.11 Å². The molecule has 0 spiro atoms. The topological polar surface area (TPSA) is 91.7 Å². The molecule has 166 valence electrons. The van der Waals surface area contributed by atoms with Crippen LogP contribution in [0.5, 0.6) is 0 Å². The molecule has 1 aromatic carbocycles. The number of ether oxygens (including phenoxy) is 1. The predicted molar refractivity (Wildman–Crippen MR) is 123 cm³/mol. The number of nitrogens with one attached hydrogen (secondary N) is 2. The van der Waals surface area contributed by atoms with Gasteiger partial charge in [0.25, 0.3) is 0 Å². The van der Waals surface area contributed by atoms with E-state index in [0.29, 0.717) is 37.9 Å². The Morgan fingerprint density at radius 1 is 1.13 bits per heavy atom. The van der Waals surface area contributed by atoms with E-state index in [-0.39, 0.29) is 12.0 Å². The molecule has 2 amide bonds. The Morgan fingerprint density at radius 2 is 1.77 bits per heavy atom. The fourth-order valence-corrected chi connectivity index (χ4v) is 3.54. The minimum absolute atomic E-state index is 0.0393. The first-order valence-corrected chi connectivity index (χ1v) is 10.7. The Labute approximate surface area is 187 Å². The highest BCUT2D eigenvalue weighted by atomic mass is 32.1. The number of carbonyl (C=O) groups excluding carboxylic acids is 2. The molecule has 1 atom stereocenters. The van der Waals surface area contributed by atoms with Gasteiger partial charge in [-0.3, -0.25) is 9.48 Å². The summed E-state index contributed by atoms with van der Waals surface area (Å²) in [6, 6.07) is 9.16.